The van der Waals surface area contributed by atoms with E-state index >= 15 is 0 Å². The summed E-state index contributed by atoms with van der Waals surface area (Å²) < 4.78 is 4.35. The zero-order chi connectivity index (χ0) is 9.42. The van der Waals surface area contributed by atoms with Gasteiger partial charge < -0.3 is 0 Å². The van der Waals surface area contributed by atoms with Crippen LogP contribution in [0, 0.1) is 0 Å². The molecule has 0 unspecified atom stereocenters. The van der Waals surface area contributed by atoms with Gasteiger partial charge in [0, 0.05) is 10.5 Å². The van der Waals surface area contributed by atoms with E-state index in [1.54, 1.807) is 0 Å². The second-order valence-corrected chi connectivity index (χ2v) is 4.62. The number of hydrogen-bond donors (Lipinski definition) is 0. The van der Waals surface area contributed by atoms with Crippen LogP contribution in [0.2, 0.25) is 0 Å². The average Bonchev–Trinajstić information content (AvgIpc) is 2.12. The minimum Gasteiger partial charge on any atom is -0.200 e. The molecular weight excluding hydrogens is 294 g/mol. The fraction of sp³-hybridized carbons (Fsp3) is 0.100. The number of halogens is 2. The molecule has 66 valence electrons. The second kappa shape index (κ2) is 3.39. The van der Waals surface area contributed by atoms with E-state index in [0.29, 0.717) is 0 Å². The Balaban J connectivity index is 3.00. The van der Waals surface area contributed by atoms with E-state index in [4.69, 9.17) is 0 Å². The molecule has 0 N–H and O–H groups in total. The van der Waals surface area contributed by atoms with Gasteiger partial charge >= 0.3 is 0 Å². The summed E-state index contributed by atoms with van der Waals surface area (Å²) in [5.74, 6) is 0. The molecule has 0 aliphatic rings. The Morgan fingerprint density at radius 3 is 2.46 bits per heavy atom. The lowest BCUT2D eigenvalue weighted by Crippen LogP contribution is -2.28. The highest BCUT2D eigenvalue weighted by Gasteiger charge is 2.10. The van der Waals surface area contributed by atoms with Crippen LogP contribution in [0.5, 0.6) is 0 Å². The number of fused-ring (bicyclic) bond motifs is 1. The van der Waals surface area contributed by atoms with Crippen molar-refractivity contribution < 1.29 is 4.57 Å². The van der Waals surface area contributed by atoms with Gasteiger partial charge in [0.05, 0.1) is 9.86 Å². The molecule has 0 bridgehead atoms. The van der Waals surface area contributed by atoms with Gasteiger partial charge in [-0.1, -0.05) is 0 Å². The molecule has 0 atom stereocenters. The molecule has 3 heteroatoms. The summed E-state index contributed by atoms with van der Waals surface area (Å²) in [6, 6.07) is 8.24. The molecule has 1 heterocycles. The van der Waals surface area contributed by atoms with Gasteiger partial charge in [-0.2, -0.15) is 0 Å². The Morgan fingerprint density at radius 2 is 1.77 bits per heavy atom. The third-order valence-electron chi connectivity index (χ3n) is 2.04. The van der Waals surface area contributed by atoms with Crippen molar-refractivity contribution in [2.45, 2.75) is 0 Å². The van der Waals surface area contributed by atoms with Crippen LogP contribution < -0.4 is 4.57 Å². The molecular formula is C10H8Br2N+. The summed E-state index contributed by atoms with van der Waals surface area (Å²) in [4.78, 5) is 0. The first kappa shape index (κ1) is 9.16. The Kier molecular flexibility index (Phi) is 2.39. The van der Waals surface area contributed by atoms with Crippen molar-refractivity contribution in [2.75, 3.05) is 0 Å². The van der Waals surface area contributed by atoms with Gasteiger partial charge in [0.1, 0.15) is 7.05 Å². The number of aryl methyl sites for hydroxylation is 1. The van der Waals surface area contributed by atoms with Crippen LogP contribution in [-0.2, 0) is 7.05 Å². The summed E-state index contributed by atoms with van der Waals surface area (Å²) in [6.07, 6.45) is 2.04. The number of hydrogen-bond acceptors (Lipinski definition) is 0. The molecule has 0 fully saturated rings. The summed E-state index contributed by atoms with van der Waals surface area (Å²) in [5.41, 5.74) is 1.21. The standard InChI is InChI=1S/C10H8Br2N/c1-13-6-2-3-7-8(11)4-5-9(12)10(7)13/h2-6H,1H3/q+1. The highest BCUT2D eigenvalue weighted by Crippen LogP contribution is 2.27. The zero-order valence-corrected chi connectivity index (χ0v) is 10.3. The molecule has 0 saturated carbocycles. The van der Waals surface area contributed by atoms with Gasteiger partial charge in [-0.05, 0) is 50.1 Å². The van der Waals surface area contributed by atoms with Crippen molar-refractivity contribution in [3.8, 4) is 0 Å². The van der Waals surface area contributed by atoms with Gasteiger partial charge in [0.2, 0.25) is 5.52 Å². The number of rotatable bonds is 0. The monoisotopic (exact) mass is 300 g/mol. The second-order valence-electron chi connectivity index (χ2n) is 2.91. The molecule has 0 radical (unpaired) electrons. The fourth-order valence-electron chi connectivity index (χ4n) is 1.42. The van der Waals surface area contributed by atoms with Crippen molar-refractivity contribution in [3.63, 3.8) is 0 Å². The molecule has 1 aromatic carbocycles. The number of aromatic nitrogens is 1. The van der Waals surface area contributed by atoms with Gasteiger partial charge in [0.25, 0.3) is 0 Å². The molecule has 2 rings (SSSR count). The summed E-state index contributed by atoms with van der Waals surface area (Å²) in [5, 5.41) is 1.22. The number of nitrogens with zero attached hydrogens (tertiary/aromatic N) is 1. The first-order valence-electron chi connectivity index (χ1n) is 3.92. The van der Waals surface area contributed by atoms with Gasteiger partial charge in [-0.15, -0.1) is 0 Å². The van der Waals surface area contributed by atoms with E-state index in [0.717, 1.165) is 8.95 Å². The summed E-state index contributed by atoms with van der Waals surface area (Å²) in [7, 11) is 2.04. The Labute approximate surface area is 93.6 Å². The maximum Gasteiger partial charge on any atom is 0.227 e. The van der Waals surface area contributed by atoms with Crippen LogP contribution in [0.25, 0.3) is 10.9 Å². The number of pyridine rings is 1. The quantitative estimate of drug-likeness (QED) is 0.658. The lowest BCUT2D eigenvalue weighted by molar-refractivity contribution is -0.645. The fourth-order valence-corrected chi connectivity index (χ4v) is 2.49. The topological polar surface area (TPSA) is 3.88 Å². The third kappa shape index (κ3) is 1.51. The van der Waals surface area contributed by atoms with Gasteiger partial charge in [0.15, 0.2) is 6.20 Å². The molecule has 0 amide bonds. The highest BCUT2D eigenvalue weighted by atomic mass is 79.9. The maximum atomic E-state index is 3.54. The van der Waals surface area contributed by atoms with Crippen molar-refractivity contribution in [3.05, 3.63) is 39.4 Å². The molecule has 0 aliphatic heterocycles. The van der Waals surface area contributed by atoms with Crippen molar-refractivity contribution >= 4 is 42.8 Å². The number of benzene rings is 1. The van der Waals surface area contributed by atoms with Crippen LogP contribution in [0.1, 0.15) is 0 Å². The smallest absolute Gasteiger partial charge is 0.200 e. The minimum atomic E-state index is 1.12. The van der Waals surface area contributed by atoms with Crippen molar-refractivity contribution in [1.82, 2.24) is 0 Å². The summed E-state index contributed by atoms with van der Waals surface area (Å²) in [6.45, 7) is 0. The Morgan fingerprint density at radius 1 is 1.08 bits per heavy atom. The van der Waals surface area contributed by atoms with Crippen molar-refractivity contribution in [2.24, 2.45) is 7.05 Å². The lowest BCUT2D eigenvalue weighted by Gasteiger charge is -2.00. The highest BCUT2D eigenvalue weighted by molar-refractivity contribution is 9.11. The normalized spacial score (nSPS) is 10.7. The molecule has 13 heavy (non-hydrogen) atoms. The predicted molar refractivity (Wildman–Crippen MR) is 60.5 cm³/mol. The molecule has 0 saturated heterocycles. The Hall–Kier alpha value is -0.410. The molecule has 0 aliphatic carbocycles. The van der Waals surface area contributed by atoms with Crippen LogP contribution in [-0.4, -0.2) is 0 Å². The average molecular weight is 302 g/mol. The lowest BCUT2D eigenvalue weighted by atomic mass is 10.2. The maximum absolute atomic E-state index is 3.54. The minimum absolute atomic E-state index is 1.12. The van der Waals surface area contributed by atoms with Crippen LogP contribution >= 0.6 is 31.9 Å². The van der Waals surface area contributed by atoms with E-state index < -0.39 is 0 Å². The van der Waals surface area contributed by atoms with E-state index in [-0.39, 0.29) is 0 Å². The van der Waals surface area contributed by atoms with E-state index in [2.05, 4.69) is 42.5 Å². The SMILES string of the molecule is C[n+]1cccc2c(Br)ccc(Br)c21. The third-order valence-corrected chi connectivity index (χ3v) is 3.37. The van der Waals surface area contributed by atoms with E-state index in [1.165, 1.54) is 10.9 Å². The zero-order valence-electron chi connectivity index (χ0n) is 7.09. The molecule has 1 nitrogen and oxygen atoms in total. The largest absolute Gasteiger partial charge is 0.227 e. The first-order chi connectivity index (χ1) is 6.20. The van der Waals surface area contributed by atoms with Gasteiger partial charge in [-0.25, -0.2) is 4.57 Å². The van der Waals surface area contributed by atoms with E-state index in [1.807, 2.05) is 31.4 Å². The van der Waals surface area contributed by atoms with Crippen molar-refractivity contribution in [1.29, 1.82) is 0 Å². The van der Waals surface area contributed by atoms with Gasteiger partial charge in [-0.3, -0.25) is 0 Å². The first-order valence-corrected chi connectivity index (χ1v) is 5.51. The van der Waals surface area contributed by atoms with Crippen LogP contribution in [0.15, 0.2) is 39.4 Å². The predicted octanol–water partition coefficient (Wildman–Crippen LogP) is 3.19. The Bertz CT molecular complexity index is 457. The molecule has 2 aromatic rings. The molecule has 0 spiro atoms. The van der Waals surface area contributed by atoms with E-state index in [9.17, 15) is 0 Å². The van der Waals surface area contributed by atoms with Crippen LogP contribution in [0.3, 0.4) is 0 Å². The summed E-state index contributed by atoms with van der Waals surface area (Å²) >= 11 is 7.07. The molecule has 1 aromatic heterocycles. The van der Waals surface area contributed by atoms with Crippen LogP contribution in [0.4, 0.5) is 0 Å².